The number of rotatable bonds is 6. The Balaban J connectivity index is 1.67. The molecule has 1 aromatic heterocycles. The van der Waals surface area contributed by atoms with E-state index in [4.69, 9.17) is 0 Å². The van der Waals surface area contributed by atoms with Gasteiger partial charge in [-0.15, -0.1) is 0 Å². The van der Waals surface area contributed by atoms with Gasteiger partial charge in [0.1, 0.15) is 5.69 Å². The summed E-state index contributed by atoms with van der Waals surface area (Å²) in [5.41, 5.74) is 3.40. The third kappa shape index (κ3) is 5.21. The van der Waals surface area contributed by atoms with Gasteiger partial charge < -0.3 is 5.32 Å². The molecule has 0 aliphatic carbocycles. The highest BCUT2D eigenvalue weighted by molar-refractivity contribution is 9.10. The lowest BCUT2D eigenvalue weighted by molar-refractivity contribution is -0.123. The largest absolute Gasteiger partial charge is 0.335 e. The van der Waals surface area contributed by atoms with Crippen LogP contribution < -0.4 is 16.3 Å². The molecular formula is C24H18BrN5O3. The average molecular weight is 504 g/mol. The highest BCUT2D eigenvalue weighted by Crippen LogP contribution is 2.20. The fraction of sp³-hybridized carbons (Fsp3) is 0.0417. The first-order valence-electron chi connectivity index (χ1n) is 9.94. The second kappa shape index (κ2) is 10.0. The number of carbonyl (C=O) groups excluding carboxylic acids is 2. The summed E-state index contributed by atoms with van der Waals surface area (Å²) in [7, 11) is 0. The van der Waals surface area contributed by atoms with Crippen LogP contribution in [0.4, 0.5) is 0 Å². The fourth-order valence-electron chi connectivity index (χ4n) is 3.24. The number of amides is 2. The average Bonchev–Trinajstić information content (AvgIpc) is 2.84. The third-order valence-electron chi connectivity index (χ3n) is 4.81. The molecule has 2 amide bonds. The minimum absolute atomic E-state index is 0.199. The lowest BCUT2D eigenvalue weighted by Gasteiger charge is -2.18. The van der Waals surface area contributed by atoms with Crippen LogP contribution in [0.3, 0.4) is 0 Å². The van der Waals surface area contributed by atoms with E-state index in [0.29, 0.717) is 16.3 Å². The molecule has 0 bridgehead atoms. The van der Waals surface area contributed by atoms with Gasteiger partial charge in [0.25, 0.3) is 17.4 Å². The van der Waals surface area contributed by atoms with Crippen molar-refractivity contribution >= 4 is 44.7 Å². The Kier molecular flexibility index (Phi) is 6.70. The van der Waals surface area contributed by atoms with Gasteiger partial charge in [0.2, 0.25) is 0 Å². The predicted molar refractivity (Wildman–Crippen MR) is 129 cm³/mol. The van der Waals surface area contributed by atoms with Crippen molar-refractivity contribution in [3.05, 3.63) is 111 Å². The third-order valence-corrected chi connectivity index (χ3v) is 5.30. The van der Waals surface area contributed by atoms with Gasteiger partial charge in [-0.3, -0.25) is 14.4 Å². The van der Waals surface area contributed by atoms with E-state index in [1.54, 1.807) is 54.6 Å². The number of nitrogens with one attached hydrogen (secondary N) is 3. The van der Waals surface area contributed by atoms with Crippen LogP contribution in [0.2, 0.25) is 0 Å². The Morgan fingerprint density at radius 1 is 0.970 bits per heavy atom. The van der Waals surface area contributed by atoms with Gasteiger partial charge in [-0.1, -0.05) is 64.5 Å². The molecule has 4 rings (SSSR count). The van der Waals surface area contributed by atoms with E-state index in [1.807, 2.05) is 24.3 Å². The quantitative estimate of drug-likeness (QED) is 0.276. The molecule has 1 heterocycles. The van der Waals surface area contributed by atoms with Crippen molar-refractivity contribution in [1.29, 1.82) is 0 Å². The predicted octanol–water partition coefficient (Wildman–Crippen LogP) is 3.31. The molecule has 4 aromatic rings. The van der Waals surface area contributed by atoms with Gasteiger partial charge in [-0.25, -0.2) is 10.5 Å². The Bertz CT molecular complexity index is 1400. The van der Waals surface area contributed by atoms with Crippen LogP contribution in [-0.2, 0) is 4.79 Å². The summed E-state index contributed by atoms with van der Waals surface area (Å²) in [5, 5.41) is 14.0. The number of hydrazone groups is 1. The van der Waals surface area contributed by atoms with Crippen molar-refractivity contribution in [1.82, 2.24) is 20.9 Å². The van der Waals surface area contributed by atoms with E-state index < -0.39 is 23.4 Å². The number of aromatic amines is 1. The smallest absolute Gasteiger partial charge is 0.272 e. The van der Waals surface area contributed by atoms with Gasteiger partial charge in [-0.05, 0) is 35.9 Å². The minimum atomic E-state index is -1.21. The summed E-state index contributed by atoms with van der Waals surface area (Å²) in [5.74, 6) is -1.08. The van der Waals surface area contributed by atoms with E-state index in [9.17, 15) is 14.4 Å². The van der Waals surface area contributed by atoms with Crippen LogP contribution in [0, 0.1) is 0 Å². The Labute approximate surface area is 196 Å². The zero-order valence-electron chi connectivity index (χ0n) is 17.2. The molecule has 164 valence electrons. The SMILES string of the molecule is O=C(N[C@@H](C(=O)N/N=C\c1cccc(Br)c1)c1n[nH]c(=O)c2ccccc12)c1ccccc1. The van der Waals surface area contributed by atoms with Crippen LogP contribution in [0.1, 0.15) is 27.7 Å². The molecule has 0 spiro atoms. The van der Waals surface area contributed by atoms with Crippen molar-refractivity contribution in [3.8, 4) is 0 Å². The van der Waals surface area contributed by atoms with Gasteiger partial charge in [0.15, 0.2) is 6.04 Å². The summed E-state index contributed by atoms with van der Waals surface area (Å²) in [6, 6.07) is 21.4. The van der Waals surface area contributed by atoms with Crippen molar-refractivity contribution in [3.63, 3.8) is 0 Å². The van der Waals surface area contributed by atoms with Crippen molar-refractivity contribution in [2.24, 2.45) is 5.10 Å². The molecule has 0 unspecified atom stereocenters. The number of halogens is 1. The zero-order chi connectivity index (χ0) is 23.2. The van der Waals surface area contributed by atoms with Crippen LogP contribution in [0.15, 0.2) is 93.2 Å². The molecule has 0 saturated heterocycles. The Hall–Kier alpha value is -4.11. The number of fused-ring (bicyclic) bond motifs is 1. The van der Waals surface area contributed by atoms with Gasteiger partial charge in [-0.2, -0.15) is 10.2 Å². The molecule has 0 aliphatic heterocycles. The summed E-state index contributed by atoms with van der Waals surface area (Å²) in [6.07, 6.45) is 1.48. The molecular weight excluding hydrogens is 486 g/mol. The summed E-state index contributed by atoms with van der Waals surface area (Å²) in [4.78, 5) is 38.1. The van der Waals surface area contributed by atoms with E-state index in [0.717, 1.165) is 10.0 Å². The van der Waals surface area contributed by atoms with E-state index >= 15 is 0 Å². The van der Waals surface area contributed by atoms with E-state index in [-0.39, 0.29) is 5.69 Å². The van der Waals surface area contributed by atoms with Crippen molar-refractivity contribution in [2.45, 2.75) is 6.04 Å². The van der Waals surface area contributed by atoms with Gasteiger partial charge in [0, 0.05) is 15.4 Å². The number of hydrogen-bond acceptors (Lipinski definition) is 5. The minimum Gasteiger partial charge on any atom is -0.335 e. The molecule has 3 N–H and O–H groups in total. The maximum absolute atomic E-state index is 13.1. The molecule has 0 radical (unpaired) electrons. The molecule has 1 atom stereocenters. The Morgan fingerprint density at radius 2 is 1.70 bits per heavy atom. The number of aromatic nitrogens is 2. The molecule has 33 heavy (non-hydrogen) atoms. The van der Waals surface area contributed by atoms with Crippen LogP contribution >= 0.6 is 15.9 Å². The number of benzene rings is 3. The second-order valence-corrected chi connectivity index (χ2v) is 7.96. The fourth-order valence-corrected chi connectivity index (χ4v) is 3.66. The summed E-state index contributed by atoms with van der Waals surface area (Å²) >= 11 is 3.38. The highest BCUT2D eigenvalue weighted by atomic mass is 79.9. The van der Waals surface area contributed by atoms with Crippen LogP contribution in [-0.4, -0.2) is 28.2 Å². The lowest BCUT2D eigenvalue weighted by atomic mass is 10.0. The van der Waals surface area contributed by atoms with Crippen molar-refractivity contribution < 1.29 is 9.59 Å². The number of H-pyrrole nitrogens is 1. The molecule has 3 aromatic carbocycles. The van der Waals surface area contributed by atoms with Crippen LogP contribution in [0.25, 0.3) is 10.8 Å². The summed E-state index contributed by atoms with van der Waals surface area (Å²) < 4.78 is 0.870. The van der Waals surface area contributed by atoms with Crippen molar-refractivity contribution in [2.75, 3.05) is 0 Å². The monoisotopic (exact) mass is 503 g/mol. The zero-order valence-corrected chi connectivity index (χ0v) is 18.7. The van der Waals surface area contributed by atoms with Gasteiger partial charge >= 0.3 is 0 Å². The lowest BCUT2D eigenvalue weighted by Crippen LogP contribution is -2.40. The van der Waals surface area contributed by atoms with Crippen LogP contribution in [0.5, 0.6) is 0 Å². The number of carbonyl (C=O) groups is 2. The standard InChI is InChI=1S/C24H18BrN5O3/c25-17-10-6-7-15(13-17)14-26-29-24(33)21(27-22(31)16-8-2-1-3-9-16)20-18-11-4-5-12-19(18)23(32)30-28-20/h1-14,21H,(H,27,31)(H,29,33)(H,30,32)/b26-14-/t21-/m1/s1. The molecule has 0 aliphatic rings. The first-order chi connectivity index (χ1) is 16.0. The number of nitrogens with zero attached hydrogens (tertiary/aromatic N) is 2. The van der Waals surface area contributed by atoms with E-state index in [2.05, 4.69) is 42.0 Å². The molecule has 8 nitrogen and oxygen atoms in total. The van der Waals surface area contributed by atoms with Gasteiger partial charge in [0.05, 0.1) is 11.6 Å². The maximum Gasteiger partial charge on any atom is 0.272 e. The summed E-state index contributed by atoms with van der Waals surface area (Å²) in [6.45, 7) is 0. The molecule has 9 heteroatoms. The second-order valence-electron chi connectivity index (χ2n) is 7.05. The molecule has 0 saturated carbocycles. The normalized spacial score (nSPS) is 11.9. The van der Waals surface area contributed by atoms with E-state index in [1.165, 1.54) is 6.21 Å². The first kappa shape index (κ1) is 22.1. The first-order valence-corrected chi connectivity index (χ1v) is 10.7. The molecule has 0 fully saturated rings. The number of hydrogen-bond donors (Lipinski definition) is 3. The Morgan fingerprint density at radius 3 is 2.45 bits per heavy atom. The topological polar surface area (TPSA) is 116 Å². The highest BCUT2D eigenvalue weighted by Gasteiger charge is 2.27. The maximum atomic E-state index is 13.1.